The lowest BCUT2D eigenvalue weighted by Gasteiger charge is -2.35. The number of anilines is 1. The fraction of sp³-hybridized carbons (Fsp3) is 0.529. The summed E-state index contributed by atoms with van der Waals surface area (Å²) in [4.78, 5) is 26.0. The highest BCUT2D eigenvalue weighted by molar-refractivity contribution is 9.08. The lowest BCUT2D eigenvalue weighted by Crippen LogP contribution is -2.56. The lowest BCUT2D eigenvalue weighted by atomic mass is 9.91. The van der Waals surface area contributed by atoms with Gasteiger partial charge < -0.3 is 9.84 Å². The Bertz CT molecular complexity index is 638. The van der Waals surface area contributed by atoms with Crippen LogP contribution in [0.25, 0.3) is 0 Å². The predicted molar refractivity (Wildman–Crippen MR) is 92.1 cm³/mol. The summed E-state index contributed by atoms with van der Waals surface area (Å²) >= 11 is 3.40. The number of ether oxygens (including phenoxy) is 1. The van der Waals surface area contributed by atoms with Gasteiger partial charge in [0.1, 0.15) is 5.60 Å². The third kappa shape index (κ3) is 3.22. The zero-order valence-electron chi connectivity index (χ0n) is 13.9. The van der Waals surface area contributed by atoms with Gasteiger partial charge in [-0.1, -0.05) is 35.0 Å². The number of nitrogens with zero attached hydrogens (tertiary/aromatic N) is 1. The van der Waals surface area contributed by atoms with E-state index in [0.29, 0.717) is 17.4 Å². The number of amides is 1. The Labute approximate surface area is 144 Å². The molecule has 1 atom stereocenters. The normalized spacial score (nSPS) is 20.3. The van der Waals surface area contributed by atoms with E-state index in [9.17, 15) is 14.7 Å². The first-order valence-corrected chi connectivity index (χ1v) is 8.71. The largest absolute Gasteiger partial charge is 0.479 e. The van der Waals surface area contributed by atoms with Crippen LogP contribution >= 0.6 is 15.9 Å². The summed E-state index contributed by atoms with van der Waals surface area (Å²) in [7, 11) is 0. The number of carbonyl (C=O) groups excluding carboxylic acids is 1. The molecule has 5 nitrogen and oxygen atoms in total. The van der Waals surface area contributed by atoms with E-state index < -0.39 is 23.2 Å². The van der Waals surface area contributed by atoms with Crippen molar-refractivity contribution in [3.8, 4) is 0 Å². The number of benzene rings is 1. The molecule has 2 rings (SSSR count). The van der Waals surface area contributed by atoms with Crippen LogP contribution in [0.5, 0.6) is 0 Å². The average Bonchev–Trinajstić information content (AvgIpc) is 2.79. The molecule has 6 heteroatoms. The van der Waals surface area contributed by atoms with Gasteiger partial charge in [0.2, 0.25) is 0 Å². The number of hydrogen-bond donors (Lipinski definition) is 1. The Kier molecular flexibility index (Phi) is 4.76. The molecule has 0 spiro atoms. The summed E-state index contributed by atoms with van der Waals surface area (Å²) in [6.07, 6.45) is -0.0270. The van der Waals surface area contributed by atoms with Crippen LogP contribution in [0.2, 0.25) is 0 Å². The Morgan fingerprint density at radius 3 is 2.52 bits per heavy atom. The Morgan fingerprint density at radius 1 is 1.39 bits per heavy atom. The maximum atomic E-state index is 12.7. The zero-order valence-corrected chi connectivity index (χ0v) is 15.4. The highest BCUT2D eigenvalue weighted by Crippen LogP contribution is 2.42. The molecule has 1 aromatic carbocycles. The molecule has 0 aliphatic carbocycles. The number of hydrogen-bond acceptors (Lipinski definition) is 3. The van der Waals surface area contributed by atoms with Crippen LogP contribution in [0.3, 0.4) is 0 Å². The fourth-order valence-electron chi connectivity index (χ4n) is 2.89. The van der Waals surface area contributed by atoms with E-state index in [1.165, 1.54) is 4.90 Å². The predicted octanol–water partition coefficient (Wildman–Crippen LogP) is 4.11. The summed E-state index contributed by atoms with van der Waals surface area (Å²) in [6, 6.07) is 5.64. The molecule has 1 heterocycles. The summed E-state index contributed by atoms with van der Waals surface area (Å²) in [5.74, 6) is -1.01. The third-order valence-corrected chi connectivity index (χ3v) is 4.66. The molecule has 23 heavy (non-hydrogen) atoms. The first-order valence-electron chi connectivity index (χ1n) is 7.59. The van der Waals surface area contributed by atoms with Crippen molar-refractivity contribution in [2.45, 2.75) is 57.0 Å². The minimum Gasteiger partial charge on any atom is -0.479 e. The number of fused-ring (bicyclic) bond motifs is 1. The van der Waals surface area contributed by atoms with Gasteiger partial charge in [-0.2, -0.15) is 0 Å². The van der Waals surface area contributed by atoms with Crippen LogP contribution in [-0.2, 0) is 21.3 Å². The van der Waals surface area contributed by atoms with E-state index in [1.54, 1.807) is 33.8 Å². The van der Waals surface area contributed by atoms with Gasteiger partial charge in [-0.3, -0.25) is 4.90 Å². The minimum atomic E-state index is -1.30. The number of halogens is 1. The van der Waals surface area contributed by atoms with Crippen LogP contribution in [-0.4, -0.2) is 28.3 Å². The van der Waals surface area contributed by atoms with E-state index in [0.717, 1.165) is 11.1 Å². The third-order valence-electron chi connectivity index (χ3n) is 4.01. The van der Waals surface area contributed by atoms with Crippen molar-refractivity contribution in [3.05, 3.63) is 29.3 Å². The molecule has 1 N–H and O–H groups in total. The van der Waals surface area contributed by atoms with Gasteiger partial charge in [0.05, 0.1) is 5.69 Å². The van der Waals surface area contributed by atoms with E-state index in [-0.39, 0.29) is 6.42 Å². The van der Waals surface area contributed by atoms with Crippen molar-refractivity contribution in [1.82, 2.24) is 0 Å². The number of rotatable bonds is 3. The summed E-state index contributed by atoms with van der Waals surface area (Å²) in [5.41, 5.74) is 0.541. The second-order valence-electron chi connectivity index (χ2n) is 6.78. The summed E-state index contributed by atoms with van der Waals surface area (Å²) in [6.45, 7) is 7.08. The zero-order chi connectivity index (χ0) is 17.4. The molecule has 0 radical (unpaired) electrons. The molecule has 126 valence electrons. The van der Waals surface area contributed by atoms with E-state index in [2.05, 4.69) is 15.9 Å². The summed E-state index contributed by atoms with van der Waals surface area (Å²) < 4.78 is 5.46. The minimum absolute atomic E-state index is 0.286. The van der Waals surface area contributed by atoms with Gasteiger partial charge in [-0.15, -0.1) is 0 Å². The first-order chi connectivity index (χ1) is 10.6. The summed E-state index contributed by atoms with van der Waals surface area (Å²) in [5, 5.41) is 10.5. The molecular formula is C17H22BrNO4. The molecule has 1 amide bonds. The van der Waals surface area contributed by atoms with Gasteiger partial charge in [0.15, 0.2) is 5.54 Å². The second-order valence-corrected chi connectivity index (χ2v) is 7.34. The highest BCUT2D eigenvalue weighted by Gasteiger charge is 2.52. The smallest absolute Gasteiger partial charge is 0.415 e. The molecule has 1 aromatic rings. The lowest BCUT2D eigenvalue weighted by molar-refractivity contribution is -0.143. The van der Waals surface area contributed by atoms with Crippen LogP contribution in [0.4, 0.5) is 10.5 Å². The SMILES string of the molecule is CCC1(C(=O)O)Cc2cc(CBr)ccc2N1C(=O)OC(C)(C)C. The van der Waals surface area contributed by atoms with E-state index in [4.69, 9.17) is 4.74 Å². The molecule has 0 saturated heterocycles. The fourth-order valence-corrected chi connectivity index (χ4v) is 3.24. The average molecular weight is 384 g/mol. The van der Waals surface area contributed by atoms with Gasteiger partial charge in [0, 0.05) is 11.8 Å². The topological polar surface area (TPSA) is 66.8 Å². The van der Waals surface area contributed by atoms with Gasteiger partial charge in [-0.25, -0.2) is 9.59 Å². The quantitative estimate of drug-likeness (QED) is 0.797. The number of alkyl halides is 1. The monoisotopic (exact) mass is 383 g/mol. The van der Waals surface area contributed by atoms with Crippen molar-refractivity contribution in [3.63, 3.8) is 0 Å². The Balaban J connectivity index is 2.54. The van der Waals surface area contributed by atoms with Crippen LogP contribution in [0.15, 0.2) is 18.2 Å². The van der Waals surface area contributed by atoms with Crippen molar-refractivity contribution >= 4 is 33.7 Å². The maximum absolute atomic E-state index is 12.7. The van der Waals surface area contributed by atoms with Crippen molar-refractivity contribution in [2.24, 2.45) is 0 Å². The molecule has 0 aromatic heterocycles. The molecule has 1 aliphatic heterocycles. The number of carbonyl (C=O) groups is 2. The van der Waals surface area contributed by atoms with Gasteiger partial charge in [0.25, 0.3) is 0 Å². The second kappa shape index (κ2) is 6.15. The molecule has 1 unspecified atom stereocenters. The van der Waals surface area contributed by atoms with E-state index in [1.807, 2.05) is 12.1 Å². The standard InChI is InChI=1S/C17H22BrNO4/c1-5-17(14(20)21)9-12-8-11(10-18)6-7-13(12)19(17)15(22)23-16(2,3)4/h6-8H,5,9-10H2,1-4H3,(H,20,21). The number of carboxylic acids is 1. The molecule has 0 saturated carbocycles. The van der Waals surface area contributed by atoms with Crippen LogP contribution in [0.1, 0.15) is 45.2 Å². The Hall–Kier alpha value is -1.56. The van der Waals surface area contributed by atoms with Crippen LogP contribution in [0, 0.1) is 0 Å². The van der Waals surface area contributed by atoms with Gasteiger partial charge in [-0.05, 0) is 44.4 Å². The van der Waals surface area contributed by atoms with Crippen molar-refractivity contribution in [1.29, 1.82) is 0 Å². The number of carboxylic acid groups (broad SMARTS) is 1. The number of aliphatic carboxylic acids is 1. The maximum Gasteiger partial charge on any atom is 0.415 e. The van der Waals surface area contributed by atoms with Crippen molar-refractivity contribution < 1.29 is 19.4 Å². The molecule has 0 bridgehead atoms. The first kappa shape index (κ1) is 17.8. The molecular weight excluding hydrogens is 362 g/mol. The van der Waals surface area contributed by atoms with Crippen LogP contribution < -0.4 is 4.90 Å². The Morgan fingerprint density at radius 2 is 2.04 bits per heavy atom. The van der Waals surface area contributed by atoms with Gasteiger partial charge >= 0.3 is 12.1 Å². The highest BCUT2D eigenvalue weighted by atomic mass is 79.9. The van der Waals surface area contributed by atoms with E-state index >= 15 is 0 Å². The van der Waals surface area contributed by atoms with Crippen molar-refractivity contribution in [2.75, 3.05) is 4.90 Å². The molecule has 1 aliphatic rings. The molecule has 0 fully saturated rings.